The van der Waals surface area contributed by atoms with Crippen LogP contribution in [0, 0.1) is 5.92 Å². The van der Waals surface area contributed by atoms with E-state index in [1.807, 2.05) is 18.2 Å². The minimum absolute atomic E-state index is 0.0444. The van der Waals surface area contributed by atoms with E-state index in [9.17, 15) is 19.5 Å². The van der Waals surface area contributed by atoms with Crippen molar-refractivity contribution in [1.82, 2.24) is 0 Å². The number of nitrogens with one attached hydrogen (secondary N) is 2. The molecule has 3 atom stereocenters. The minimum Gasteiger partial charge on any atom is -0.480 e. The lowest BCUT2D eigenvalue weighted by atomic mass is 9.78. The van der Waals surface area contributed by atoms with E-state index in [-0.39, 0.29) is 17.7 Å². The molecule has 1 aliphatic carbocycles. The van der Waals surface area contributed by atoms with Gasteiger partial charge in [-0.05, 0) is 42.3 Å². The first kappa shape index (κ1) is 18.7. The summed E-state index contributed by atoms with van der Waals surface area (Å²) < 4.78 is 5.48. The van der Waals surface area contributed by atoms with E-state index in [0.29, 0.717) is 29.1 Å². The number of amides is 1. The molecule has 29 heavy (non-hydrogen) atoms. The Hall–Kier alpha value is -3.61. The topological polar surface area (TPSA) is 105 Å². The molecule has 2 aromatic rings. The van der Waals surface area contributed by atoms with Gasteiger partial charge in [-0.25, -0.2) is 9.59 Å². The van der Waals surface area contributed by atoms with Crippen LogP contribution in [0.5, 0.6) is 5.75 Å². The van der Waals surface area contributed by atoms with Crippen LogP contribution in [0.3, 0.4) is 0 Å². The summed E-state index contributed by atoms with van der Waals surface area (Å²) in [5.74, 6) is -1.50. The number of hydrogen-bond acceptors (Lipinski definition) is 5. The minimum atomic E-state index is -0.939. The Labute approximate surface area is 167 Å². The van der Waals surface area contributed by atoms with Crippen LogP contribution in [0.1, 0.15) is 35.2 Å². The molecule has 0 bridgehead atoms. The molecule has 1 aliphatic heterocycles. The van der Waals surface area contributed by atoms with Crippen molar-refractivity contribution in [1.29, 1.82) is 0 Å². The molecule has 2 aromatic carbocycles. The maximum absolute atomic E-state index is 12.8. The number of rotatable bonds is 4. The number of carbonyl (C=O) groups is 3. The number of ether oxygens (including phenoxy) is 1. The van der Waals surface area contributed by atoms with E-state index in [4.69, 9.17) is 4.74 Å². The summed E-state index contributed by atoms with van der Waals surface area (Å²) in [5, 5.41) is 15.3. The Kier molecular flexibility index (Phi) is 4.80. The predicted molar refractivity (Wildman–Crippen MR) is 107 cm³/mol. The van der Waals surface area contributed by atoms with Crippen LogP contribution in [0.2, 0.25) is 0 Å². The molecular weight excluding hydrogens is 372 g/mol. The number of carbonyl (C=O) groups excluding carboxylic acids is 2. The smallest absolute Gasteiger partial charge is 0.345 e. The zero-order valence-electron chi connectivity index (χ0n) is 15.7. The molecule has 3 N–H and O–H groups in total. The van der Waals surface area contributed by atoms with E-state index in [1.165, 1.54) is 6.92 Å². The molecule has 2 aliphatic rings. The van der Waals surface area contributed by atoms with Crippen LogP contribution in [-0.4, -0.2) is 29.0 Å². The van der Waals surface area contributed by atoms with Gasteiger partial charge in [-0.15, -0.1) is 0 Å². The largest absolute Gasteiger partial charge is 0.480 e. The van der Waals surface area contributed by atoms with Gasteiger partial charge >= 0.3 is 11.9 Å². The lowest BCUT2D eigenvalue weighted by Crippen LogP contribution is -2.42. The summed E-state index contributed by atoms with van der Waals surface area (Å²) >= 11 is 0. The average Bonchev–Trinajstić information content (AvgIpc) is 3.18. The summed E-state index contributed by atoms with van der Waals surface area (Å²) in [6.07, 6.45) is 4.68. The summed E-state index contributed by atoms with van der Waals surface area (Å²) in [5.41, 5.74) is 2.29. The molecule has 7 heteroatoms. The molecule has 7 nitrogen and oxygen atoms in total. The zero-order chi connectivity index (χ0) is 20.5. The molecule has 1 amide bonds. The summed E-state index contributed by atoms with van der Waals surface area (Å²) in [4.78, 5) is 35.7. The van der Waals surface area contributed by atoms with Gasteiger partial charge in [0.25, 0.3) is 0 Å². The third kappa shape index (κ3) is 3.59. The van der Waals surface area contributed by atoms with Crippen LogP contribution in [-0.2, 0) is 9.59 Å². The Bertz CT molecular complexity index is 1010. The maximum atomic E-state index is 12.8. The number of carboxylic acids is 1. The van der Waals surface area contributed by atoms with Crippen molar-refractivity contribution < 1.29 is 24.2 Å². The molecule has 0 aromatic heterocycles. The first-order valence-corrected chi connectivity index (χ1v) is 9.33. The van der Waals surface area contributed by atoms with E-state index >= 15 is 0 Å². The van der Waals surface area contributed by atoms with Gasteiger partial charge in [-0.3, -0.25) is 4.79 Å². The zero-order valence-corrected chi connectivity index (χ0v) is 15.7. The SMILES string of the molecule is CC(=O)Nc1ccc(OC(=O)c2cccc3c2NC(C(=O)O)[C@@H]2CC=CC32)cc1. The molecule has 4 rings (SSSR count). The fourth-order valence-corrected chi connectivity index (χ4v) is 4.01. The Morgan fingerprint density at radius 3 is 2.59 bits per heavy atom. The van der Waals surface area contributed by atoms with Gasteiger partial charge in [0.05, 0.1) is 11.3 Å². The molecule has 0 saturated carbocycles. The van der Waals surface area contributed by atoms with Gasteiger partial charge in [0.15, 0.2) is 0 Å². The summed E-state index contributed by atoms with van der Waals surface area (Å²) in [6.45, 7) is 1.41. The molecule has 0 spiro atoms. The maximum Gasteiger partial charge on any atom is 0.345 e. The molecule has 1 heterocycles. The van der Waals surface area contributed by atoms with Gasteiger partial charge in [-0.2, -0.15) is 0 Å². The fourth-order valence-electron chi connectivity index (χ4n) is 4.01. The average molecular weight is 392 g/mol. The van der Waals surface area contributed by atoms with Crippen molar-refractivity contribution in [3.8, 4) is 5.75 Å². The van der Waals surface area contributed by atoms with Crippen LogP contribution >= 0.6 is 0 Å². The lowest BCUT2D eigenvalue weighted by Gasteiger charge is -2.35. The summed E-state index contributed by atoms with van der Waals surface area (Å²) in [6, 6.07) is 11.0. The van der Waals surface area contributed by atoms with E-state index < -0.39 is 18.0 Å². The first-order chi connectivity index (χ1) is 13.9. The second-order valence-electron chi connectivity index (χ2n) is 7.18. The highest BCUT2D eigenvalue weighted by Gasteiger charge is 2.42. The van der Waals surface area contributed by atoms with E-state index in [0.717, 1.165) is 5.56 Å². The number of esters is 1. The predicted octanol–water partition coefficient (Wildman–Crippen LogP) is 3.40. The van der Waals surface area contributed by atoms with Crippen LogP contribution < -0.4 is 15.4 Å². The number of benzene rings is 2. The van der Waals surface area contributed by atoms with Gasteiger partial charge in [0.2, 0.25) is 5.91 Å². The van der Waals surface area contributed by atoms with Crippen LogP contribution in [0.25, 0.3) is 0 Å². The van der Waals surface area contributed by atoms with Crippen molar-refractivity contribution >= 4 is 29.2 Å². The number of aliphatic carboxylic acids is 1. The van der Waals surface area contributed by atoms with Crippen molar-refractivity contribution in [2.75, 3.05) is 10.6 Å². The van der Waals surface area contributed by atoms with Gasteiger partial charge in [-0.1, -0.05) is 24.3 Å². The van der Waals surface area contributed by atoms with Crippen LogP contribution in [0.4, 0.5) is 11.4 Å². The number of carboxylic acid groups (broad SMARTS) is 1. The highest BCUT2D eigenvalue weighted by molar-refractivity contribution is 5.99. The Morgan fingerprint density at radius 1 is 1.14 bits per heavy atom. The highest BCUT2D eigenvalue weighted by atomic mass is 16.5. The normalized spacial score (nSPS) is 21.5. The molecule has 0 saturated heterocycles. The van der Waals surface area contributed by atoms with Gasteiger partial charge in [0, 0.05) is 24.4 Å². The quantitative estimate of drug-likeness (QED) is 0.418. The second kappa shape index (κ2) is 7.43. The van der Waals surface area contributed by atoms with Crippen molar-refractivity contribution in [2.24, 2.45) is 5.92 Å². The van der Waals surface area contributed by atoms with Crippen molar-refractivity contribution in [3.05, 3.63) is 65.7 Å². The standard InChI is InChI=1S/C22H20N2O5/c1-12(25)23-13-8-10-14(11-9-13)29-22(28)18-7-3-5-16-15-4-2-6-17(15)20(21(26)27)24-19(16)18/h2-5,7-11,15,17,20,24H,6H2,1H3,(H,23,25)(H,26,27)/t15?,17-,20?/m1/s1. The third-order valence-corrected chi connectivity index (χ3v) is 5.27. The lowest BCUT2D eigenvalue weighted by molar-refractivity contribution is -0.139. The fraction of sp³-hybridized carbons (Fsp3) is 0.227. The van der Waals surface area contributed by atoms with E-state index in [1.54, 1.807) is 36.4 Å². The number of para-hydroxylation sites is 1. The Morgan fingerprint density at radius 2 is 1.90 bits per heavy atom. The Balaban J connectivity index is 1.60. The van der Waals surface area contributed by atoms with Crippen molar-refractivity contribution in [3.63, 3.8) is 0 Å². The second-order valence-corrected chi connectivity index (χ2v) is 7.18. The first-order valence-electron chi connectivity index (χ1n) is 9.33. The number of hydrogen-bond donors (Lipinski definition) is 3. The number of anilines is 2. The highest BCUT2D eigenvalue weighted by Crippen LogP contribution is 2.45. The van der Waals surface area contributed by atoms with Gasteiger partial charge < -0.3 is 20.5 Å². The van der Waals surface area contributed by atoms with Crippen molar-refractivity contribution in [2.45, 2.75) is 25.3 Å². The molecule has 0 radical (unpaired) electrons. The summed E-state index contributed by atoms with van der Waals surface area (Å²) in [7, 11) is 0. The van der Waals surface area contributed by atoms with Crippen LogP contribution in [0.15, 0.2) is 54.6 Å². The monoisotopic (exact) mass is 392 g/mol. The molecule has 2 unspecified atom stereocenters. The number of fused-ring (bicyclic) bond motifs is 3. The third-order valence-electron chi connectivity index (χ3n) is 5.27. The molecule has 148 valence electrons. The van der Waals surface area contributed by atoms with Gasteiger partial charge in [0.1, 0.15) is 11.8 Å². The molecular formula is C22H20N2O5. The van der Waals surface area contributed by atoms with E-state index in [2.05, 4.69) is 10.6 Å². The molecule has 0 fully saturated rings. The number of allylic oxidation sites excluding steroid dienone is 2.